The third-order valence-electron chi connectivity index (χ3n) is 8.15. The van der Waals surface area contributed by atoms with Gasteiger partial charge >= 0.3 is 7.12 Å². The molecule has 2 aromatic carbocycles. The smallest absolute Gasteiger partial charge is 0.399 e. The molecule has 2 atom stereocenters. The molecule has 2 aliphatic carbocycles. The molecule has 2 unspecified atom stereocenters. The standard InChI is InChI=1S/C30H32BNO2/c1-29(2)30(3,4)34-31(33-29)23-16-19-28-26(20-23)25-12-8-9-13-27(25)32(28)24-17-14-22(15-18-24)21-10-6-5-7-11-21/h5-7,9-11,13-20,26,28H,8,12H2,1-4H3. The Morgan fingerprint density at radius 1 is 0.853 bits per heavy atom. The van der Waals surface area contributed by atoms with Crippen LogP contribution in [0.5, 0.6) is 0 Å². The van der Waals surface area contributed by atoms with E-state index < -0.39 is 0 Å². The molecule has 0 saturated carbocycles. The third kappa shape index (κ3) is 3.43. The summed E-state index contributed by atoms with van der Waals surface area (Å²) in [6.45, 7) is 8.47. The minimum atomic E-state index is -0.330. The molecule has 3 nitrogen and oxygen atoms in total. The summed E-state index contributed by atoms with van der Waals surface area (Å²) in [6, 6.07) is 19.9. The maximum absolute atomic E-state index is 6.37. The zero-order valence-corrected chi connectivity index (χ0v) is 20.5. The molecule has 6 rings (SSSR count). The zero-order chi connectivity index (χ0) is 23.5. The lowest BCUT2D eigenvalue weighted by Gasteiger charge is -2.32. The Morgan fingerprint density at radius 3 is 2.24 bits per heavy atom. The highest BCUT2D eigenvalue weighted by Gasteiger charge is 2.53. The molecular formula is C30H32BNO2. The Bertz CT molecular complexity index is 1200. The van der Waals surface area contributed by atoms with Crippen LogP contribution in [0.15, 0.2) is 102 Å². The molecule has 2 heterocycles. The molecule has 0 amide bonds. The summed E-state index contributed by atoms with van der Waals surface area (Å²) < 4.78 is 12.7. The van der Waals surface area contributed by atoms with Gasteiger partial charge in [-0.15, -0.1) is 0 Å². The van der Waals surface area contributed by atoms with Crippen molar-refractivity contribution in [2.24, 2.45) is 5.92 Å². The Kier molecular flexibility index (Phi) is 5.02. The van der Waals surface area contributed by atoms with Gasteiger partial charge in [0.2, 0.25) is 0 Å². The van der Waals surface area contributed by atoms with Crippen LogP contribution in [0.3, 0.4) is 0 Å². The molecular weight excluding hydrogens is 417 g/mol. The van der Waals surface area contributed by atoms with Crippen LogP contribution in [0, 0.1) is 5.92 Å². The van der Waals surface area contributed by atoms with Crippen molar-refractivity contribution in [3.63, 3.8) is 0 Å². The molecule has 0 N–H and O–H groups in total. The normalized spacial score (nSPS) is 26.5. The minimum Gasteiger partial charge on any atom is -0.399 e. The first kappa shape index (κ1) is 21.7. The van der Waals surface area contributed by atoms with Crippen LogP contribution in [0.4, 0.5) is 5.69 Å². The van der Waals surface area contributed by atoms with Gasteiger partial charge in [0, 0.05) is 17.3 Å². The second kappa shape index (κ2) is 7.86. The van der Waals surface area contributed by atoms with E-state index >= 15 is 0 Å². The Hall–Kier alpha value is -2.82. The SMILES string of the molecule is CC1(C)OB(C2=CC3C4=C(C=CCC4)N(c4ccc(-c5ccccc5)cc4)C3C=C2)OC1(C)C. The maximum atomic E-state index is 6.37. The highest BCUT2D eigenvalue weighted by molar-refractivity contribution is 6.55. The van der Waals surface area contributed by atoms with Crippen molar-refractivity contribution >= 4 is 12.8 Å². The Morgan fingerprint density at radius 2 is 1.53 bits per heavy atom. The van der Waals surface area contributed by atoms with E-state index in [1.54, 1.807) is 0 Å². The van der Waals surface area contributed by atoms with E-state index in [1.807, 2.05) is 0 Å². The summed E-state index contributed by atoms with van der Waals surface area (Å²) >= 11 is 0. The lowest BCUT2D eigenvalue weighted by molar-refractivity contribution is 0.00578. The molecule has 1 fully saturated rings. The molecule has 0 bridgehead atoms. The number of rotatable bonds is 3. The van der Waals surface area contributed by atoms with Crippen molar-refractivity contribution in [2.45, 2.75) is 57.8 Å². The van der Waals surface area contributed by atoms with E-state index in [1.165, 1.54) is 28.1 Å². The first-order valence-corrected chi connectivity index (χ1v) is 12.4. The van der Waals surface area contributed by atoms with E-state index in [-0.39, 0.29) is 24.4 Å². The maximum Gasteiger partial charge on any atom is 0.494 e. The Balaban J connectivity index is 1.32. The van der Waals surface area contributed by atoms with Gasteiger partial charge in [0.05, 0.1) is 17.2 Å². The zero-order valence-electron chi connectivity index (χ0n) is 20.5. The van der Waals surface area contributed by atoms with Gasteiger partial charge in [0.25, 0.3) is 0 Å². The summed E-state index contributed by atoms with van der Waals surface area (Å²) in [7, 11) is -0.315. The van der Waals surface area contributed by atoms with Gasteiger partial charge in [0.15, 0.2) is 0 Å². The fourth-order valence-electron chi connectivity index (χ4n) is 5.54. The van der Waals surface area contributed by atoms with Crippen LogP contribution in [0.25, 0.3) is 11.1 Å². The second-order valence-corrected chi connectivity index (χ2v) is 10.8. The first-order chi connectivity index (χ1) is 16.3. The number of benzene rings is 2. The van der Waals surface area contributed by atoms with Crippen molar-refractivity contribution in [1.29, 1.82) is 0 Å². The fourth-order valence-corrected chi connectivity index (χ4v) is 5.54. The van der Waals surface area contributed by atoms with Crippen LogP contribution in [0.1, 0.15) is 40.5 Å². The third-order valence-corrected chi connectivity index (χ3v) is 8.15. The van der Waals surface area contributed by atoms with E-state index in [0.29, 0.717) is 5.92 Å². The average molecular weight is 449 g/mol. The number of hydrogen-bond acceptors (Lipinski definition) is 3. The predicted molar refractivity (Wildman–Crippen MR) is 140 cm³/mol. The largest absolute Gasteiger partial charge is 0.494 e. The number of hydrogen-bond donors (Lipinski definition) is 0. The molecule has 0 spiro atoms. The minimum absolute atomic E-state index is 0.279. The summed E-state index contributed by atoms with van der Waals surface area (Å²) in [4.78, 5) is 2.51. The van der Waals surface area contributed by atoms with Crippen LogP contribution in [-0.2, 0) is 9.31 Å². The lowest BCUT2D eigenvalue weighted by atomic mass is 9.71. The van der Waals surface area contributed by atoms with Crippen LogP contribution < -0.4 is 4.90 Å². The molecule has 172 valence electrons. The van der Waals surface area contributed by atoms with Gasteiger partial charge in [-0.25, -0.2) is 0 Å². The number of fused-ring (bicyclic) bond motifs is 2. The Labute approximate surface area is 203 Å². The van der Waals surface area contributed by atoms with Crippen molar-refractivity contribution in [3.05, 3.63) is 102 Å². The molecule has 0 aromatic heterocycles. The van der Waals surface area contributed by atoms with E-state index in [4.69, 9.17) is 9.31 Å². The van der Waals surface area contributed by atoms with Crippen LogP contribution in [0.2, 0.25) is 0 Å². The number of nitrogens with zero attached hydrogens (tertiary/aromatic N) is 1. The summed E-state index contributed by atoms with van der Waals surface area (Å²) in [5.74, 6) is 0.341. The van der Waals surface area contributed by atoms with E-state index in [9.17, 15) is 0 Å². The number of anilines is 1. The lowest BCUT2D eigenvalue weighted by Crippen LogP contribution is -2.41. The predicted octanol–water partition coefficient (Wildman–Crippen LogP) is 6.89. The van der Waals surface area contributed by atoms with E-state index in [0.717, 1.165) is 18.3 Å². The summed E-state index contributed by atoms with van der Waals surface area (Å²) in [5.41, 5.74) is 7.09. The quantitative estimate of drug-likeness (QED) is 0.477. The average Bonchev–Trinajstić information content (AvgIpc) is 3.29. The van der Waals surface area contributed by atoms with Gasteiger partial charge in [0.1, 0.15) is 0 Å². The molecule has 34 heavy (non-hydrogen) atoms. The second-order valence-electron chi connectivity index (χ2n) is 10.8. The molecule has 1 saturated heterocycles. The van der Waals surface area contributed by atoms with E-state index in [2.05, 4.69) is 118 Å². The van der Waals surface area contributed by atoms with Gasteiger partial charge < -0.3 is 14.2 Å². The first-order valence-electron chi connectivity index (χ1n) is 12.4. The van der Waals surface area contributed by atoms with Crippen molar-refractivity contribution in [3.8, 4) is 11.1 Å². The highest BCUT2D eigenvalue weighted by atomic mass is 16.7. The molecule has 2 aromatic rings. The topological polar surface area (TPSA) is 21.7 Å². The monoisotopic (exact) mass is 449 g/mol. The van der Waals surface area contributed by atoms with Gasteiger partial charge in [-0.2, -0.15) is 0 Å². The van der Waals surface area contributed by atoms with Crippen molar-refractivity contribution in [1.82, 2.24) is 0 Å². The molecule has 4 heteroatoms. The molecule has 2 aliphatic heterocycles. The highest BCUT2D eigenvalue weighted by Crippen LogP contribution is 2.47. The molecule has 0 radical (unpaired) electrons. The van der Waals surface area contributed by atoms with Crippen LogP contribution >= 0.6 is 0 Å². The number of allylic oxidation sites excluding steroid dienone is 4. The van der Waals surface area contributed by atoms with Crippen molar-refractivity contribution in [2.75, 3.05) is 4.90 Å². The summed E-state index contributed by atoms with van der Waals surface area (Å²) in [5, 5.41) is 0. The van der Waals surface area contributed by atoms with Crippen molar-refractivity contribution < 1.29 is 9.31 Å². The fraction of sp³-hybridized carbons (Fsp3) is 0.333. The van der Waals surface area contributed by atoms with Gasteiger partial charge in [-0.1, -0.05) is 66.8 Å². The van der Waals surface area contributed by atoms with Gasteiger partial charge in [-0.3, -0.25) is 0 Å². The summed E-state index contributed by atoms with van der Waals surface area (Å²) in [6.07, 6.45) is 13.8. The molecule has 4 aliphatic rings. The van der Waals surface area contributed by atoms with Gasteiger partial charge in [-0.05, 0) is 80.9 Å². The van der Waals surface area contributed by atoms with Crippen LogP contribution in [-0.4, -0.2) is 24.4 Å².